The SMILES string of the molecule is CN(C)C(=O)c1ccnc(Oc2ccccc2)n1. The summed E-state index contributed by atoms with van der Waals surface area (Å²) in [6.07, 6.45) is 1.50. The van der Waals surface area contributed by atoms with Crippen molar-refractivity contribution in [2.45, 2.75) is 0 Å². The van der Waals surface area contributed by atoms with Crippen LogP contribution in [0, 0.1) is 0 Å². The van der Waals surface area contributed by atoms with E-state index >= 15 is 0 Å². The highest BCUT2D eigenvalue weighted by Gasteiger charge is 2.11. The number of hydrogen-bond donors (Lipinski definition) is 0. The molecule has 0 aliphatic heterocycles. The van der Waals surface area contributed by atoms with E-state index in [9.17, 15) is 4.79 Å². The summed E-state index contributed by atoms with van der Waals surface area (Å²) in [4.78, 5) is 21.2. The number of amides is 1. The predicted octanol–water partition coefficient (Wildman–Crippen LogP) is 1.97. The van der Waals surface area contributed by atoms with Crippen LogP contribution in [0.25, 0.3) is 0 Å². The first-order chi connectivity index (χ1) is 8.66. The van der Waals surface area contributed by atoms with E-state index in [4.69, 9.17) is 4.74 Å². The second kappa shape index (κ2) is 5.27. The fraction of sp³-hybridized carbons (Fsp3) is 0.154. The Kier molecular flexibility index (Phi) is 3.52. The van der Waals surface area contributed by atoms with Gasteiger partial charge in [0.2, 0.25) is 0 Å². The minimum absolute atomic E-state index is 0.161. The molecular weight excluding hydrogens is 230 g/mol. The van der Waals surface area contributed by atoms with Crippen molar-refractivity contribution < 1.29 is 9.53 Å². The maximum Gasteiger partial charge on any atom is 0.322 e. The minimum Gasteiger partial charge on any atom is -0.424 e. The zero-order valence-corrected chi connectivity index (χ0v) is 10.2. The van der Waals surface area contributed by atoms with Gasteiger partial charge in [-0.05, 0) is 18.2 Å². The molecule has 0 unspecified atom stereocenters. The average Bonchev–Trinajstić information content (AvgIpc) is 2.39. The van der Waals surface area contributed by atoms with E-state index < -0.39 is 0 Å². The fourth-order valence-electron chi connectivity index (χ4n) is 1.33. The minimum atomic E-state index is -0.185. The van der Waals surface area contributed by atoms with E-state index in [2.05, 4.69) is 9.97 Å². The van der Waals surface area contributed by atoms with Crippen LogP contribution in [0.3, 0.4) is 0 Å². The van der Waals surface area contributed by atoms with Gasteiger partial charge < -0.3 is 9.64 Å². The van der Waals surface area contributed by atoms with Gasteiger partial charge in [-0.25, -0.2) is 4.98 Å². The van der Waals surface area contributed by atoms with Crippen molar-refractivity contribution in [3.05, 3.63) is 48.3 Å². The molecule has 0 aliphatic rings. The van der Waals surface area contributed by atoms with Crippen LogP contribution < -0.4 is 4.74 Å². The second-order valence-corrected chi connectivity index (χ2v) is 3.84. The molecule has 0 saturated heterocycles. The van der Waals surface area contributed by atoms with Gasteiger partial charge in [0.25, 0.3) is 5.91 Å². The molecule has 1 aromatic heterocycles. The number of benzene rings is 1. The van der Waals surface area contributed by atoms with Crippen LogP contribution in [0.5, 0.6) is 11.8 Å². The lowest BCUT2D eigenvalue weighted by atomic mass is 10.3. The Labute approximate surface area is 105 Å². The molecule has 18 heavy (non-hydrogen) atoms. The predicted molar refractivity (Wildman–Crippen MR) is 66.6 cm³/mol. The van der Waals surface area contributed by atoms with Crippen LogP contribution >= 0.6 is 0 Å². The van der Waals surface area contributed by atoms with E-state index in [0.29, 0.717) is 11.4 Å². The Hall–Kier alpha value is -2.43. The third kappa shape index (κ3) is 2.82. The first-order valence-electron chi connectivity index (χ1n) is 5.44. The second-order valence-electron chi connectivity index (χ2n) is 3.84. The van der Waals surface area contributed by atoms with Crippen LogP contribution in [0.1, 0.15) is 10.5 Å². The van der Waals surface area contributed by atoms with Crippen molar-refractivity contribution >= 4 is 5.91 Å². The van der Waals surface area contributed by atoms with Crippen molar-refractivity contribution in [3.8, 4) is 11.8 Å². The van der Waals surface area contributed by atoms with E-state index in [-0.39, 0.29) is 11.9 Å². The molecule has 0 saturated carbocycles. The molecule has 92 valence electrons. The van der Waals surface area contributed by atoms with Gasteiger partial charge in [-0.3, -0.25) is 4.79 Å². The Balaban J connectivity index is 2.20. The number of ether oxygens (including phenoxy) is 1. The Bertz CT molecular complexity index is 541. The molecule has 0 N–H and O–H groups in total. The van der Waals surface area contributed by atoms with Gasteiger partial charge in [-0.2, -0.15) is 4.98 Å². The zero-order valence-electron chi connectivity index (χ0n) is 10.2. The van der Waals surface area contributed by atoms with Gasteiger partial charge >= 0.3 is 6.01 Å². The summed E-state index contributed by atoms with van der Waals surface area (Å²) in [5.74, 6) is 0.447. The fourth-order valence-corrected chi connectivity index (χ4v) is 1.33. The average molecular weight is 243 g/mol. The number of aromatic nitrogens is 2. The highest BCUT2D eigenvalue weighted by molar-refractivity contribution is 5.91. The van der Waals surface area contributed by atoms with Crippen molar-refractivity contribution in [1.82, 2.24) is 14.9 Å². The van der Waals surface area contributed by atoms with Crippen LogP contribution in [0.2, 0.25) is 0 Å². The molecular formula is C13H13N3O2. The van der Waals surface area contributed by atoms with Crippen molar-refractivity contribution in [2.24, 2.45) is 0 Å². The summed E-state index contributed by atoms with van der Waals surface area (Å²) in [6, 6.07) is 10.9. The first kappa shape index (κ1) is 12.0. The molecule has 2 aromatic rings. The van der Waals surface area contributed by atoms with E-state index in [1.807, 2.05) is 18.2 Å². The van der Waals surface area contributed by atoms with E-state index in [1.54, 1.807) is 32.3 Å². The van der Waals surface area contributed by atoms with Gasteiger partial charge in [0.05, 0.1) is 0 Å². The normalized spacial score (nSPS) is 9.89. The number of para-hydroxylation sites is 1. The topological polar surface area (TPSA) is 55.3 Å². The lowest BCUT2D eigenvalue weighted by molar-refractivity contribution is 0.0821. The Morgan fingerprint density at radius 3 is 2.56 bits per heavy atom. The molecule has 0 bridgehead atoms. The standard InChI is InChI=1S/C13H13N3O2/c1-16(2)12(17)11-8-9-14-13(15-11)18-10-6-4-3-5-7-10/h3-9H,1-2H3. The number of carbonyl (C=O) groups excluding carboxylic acids is 1. The molecule has 2 rings (SSSR count). The quantitative estimate of drug-likeness (QED) is 0.827. The monoisotopic (exact) mass is 243 g/mol. The van der Waals surface area contributed by atoms with Crippen LogP contribution in [-0.2, 0) is 0 Å². The van der Waals surface area contributed by atoms with Crippen molar-refractivity contribution in [1.29, 1.82) is 0 Å². The molecule has 0 radical (unpaired) electrons. The molecule has 0 spiro atoms. The van der Waals surface area contributed by atoms with Gasteiger partial charge in [-0.15, -0.1) is 0 Å². The highest BCUT2D eigenvalue weighted by atomic mass is 16.5. The van der Waals surface area contributed by atoms with Crippen molar-refractivity contribution in [2.75, 3.05) is 14.1 Å². The molecule has 1 aromatic carbocycles. The molecule has 1 heterocycles. The third-order valence-electron chi connectivity index (χ3n) is 2.21. The van der Waals surface area contributed by atoms with Crippen molar-refractivity contribution in [3.63, 3.8) is 0 Å². The first-order valence-corrected chi connectivity index (χ1v) is 5.44. The Morgan fingerprint density at radius 1 is 1.17 bits per heavy atom. The molecule has 5 heteroatoms. The summed E-state index contributed by atoms with van der Waals surface area (Å²) in [5.41, 5.74) is 0.306. The Morgan fingerprint density at radius 2 is 1.89 bits per heavy atom. The van der Waals surface area contributed by atoms with Gasteiger partial charge in [0, 0.05) is 20.3 Å². The molecule has 0 aliphatic carbocycles. The summed E-state index contributed by atoms with van der Waals surface area (Å²) >= 11 is 0. The molecule has 0 atom stereocenters. The molecule has 1 amide bonds. The maximum absolute atomic E-state index is 11.7. The van der Waals surface area contributed by atoms with Crippen LogP contribution in [-0.4, -0.2) is 34.9 Å². The molecule has 5 nitrogen and oxygen atoms in total. The van der Waals surface area contributed by atoms with E-state index in [1.165, 1.54) is 11.1 Å². The number of nitrogens with zero attached hydrogens (tertiary/aromatic N) is 3. The zero-order chi connectivity index (χ0) is 13.0. The number of hydrogen-bond acceptors (Lipinski definition) is 4. The lowest BCUT2D eigenvalue weighted by Gasteiger charge is -2.09. The third-order valence-corrected chi connectivity index (χ3v) is 2.21. The summed E-state index contributed by atoms with van der Waals surface area (Å²) in [5, 5.41) is 0. The van der Waals surface area contributed by atoms with Gasteiger partial charge in [0.1, 0.15) is 11.4 Å². The number of rotatable bonds is 3. The van der Waals surface area contributed by atoms with Crippen LogP contribution in [0.15, 0.2) is 42.6 Å². The summed E-state index contributed by atoms with van der Waals surface area (Å²) < 4.78 is 5.46. The van der Waals surface area contributed by atoms with Gasteiger partial charge in [-0.1, -0.05) is 18.2 Å². The van der Waals surface area contributed by atoms with Crippen LogP contribution in [0.4, 0.5) is 0 Å². The highest BCUT2D eigenvalue weighted by Crippen LogP contribution is 2.16. The summed E-state index contributed by atoms with van der Waals surface area (Å²) in [6.45, 7) is 0. The maximum atomic E-state index is 11.7. The number of carbonyl (C=O) groups is 1. The smallest absolute Gasteiger partial charge is 0.322 e. The van der Waals surface area contributed by atoms with Gasteiger partial charge in [0.15, 0.2) is 0 Å². The summed E-state index contributed by atoms with van der Waals surface area (Å²) in [7, 11) is 3.34. The lowest BCUT2D eigenvalue weighted by Crippen LogP contribution is -2.22. The largest absolute Gasteiger partial charge is 0.424 e. The van der Waals surface area contributed by atoms with E-state index in [0.717, 1.165) is 0 Å². The molecule has 0 fully saturated rings.